The second kappa shape index (κ2) is 5.99. The Kier molecular flexibility index (Phi) is 4.92. The van der Waals surface area contributed by atoms with Gasteiger partial charge in [-0.15, -0.1) is 0 Å². The summed E-state index contributed by atoms with van der Waals surface area (Å²) < 4.78 is 5.57. The lowest BCUT2D eigenvalue weighted by atomic mass is 10.2. The van der Waals surface area contributed by atoms with Crippen molar-refractivity contribution >= 4 is 11.6 Å². The van der Waals surface area contributed by atoms with Crippen molar-refractivity contribution in [1.29, 1.82) is 0 Å². The molecule has 15 heavy (non-hydrogen) atoms. The molecule has 1 unspecified atom stereocenters. The van der Waals surface area contributed by atoms with Crippen molar-refractivity contribution in [3.8, 4) is 5.75 Å². The molecule has 0 aliphatic rings. The van der Waals surface area contributed by atoms with E-state index in [0.29, 0.717) is 6.61 Å². The Hall–Kier alpha value is -0.730. The van der Waals surface area contributed by atoms with Crippen molar-refractivity contribution in [3.05, 3.63) is 28.8 Å². The van der Waals surface area contributed by atoms with Crippen LogP contribution in [-0.2, 0) is 0 Å². The molecule has 0 spiro atoms. The van der Waals surface area contributed by atoms with Crippen LogP contribution in [0.3, 0.4) is 0 Å². The monoisotopic (exact) mass is 228 g/mol. The van der Waals surface area contributed by atoms with E-state index in [2.05, 4.69) is 0 Å². The minimum atomic E-state index is -0.250. The highest BCUT2D eigenvalue weighted by molar-refractivity contribution is 6.30. The molecule has 84 valence electrons. The Morgan fingerprint density at radius 2 is 2.20 bits per heavy atom. The van der Waals surface area contributed by atoms with E-state index >= 15 is 0 Å². The smallest absolute Gasteiger partial charge is 0.122 e. The Morgan fingerprint density at radius 1 is 1.47 bits per heavy atom. The zero-order valence-corrected chi connectivity index (χ0v) is 9.92. The van der Waals surface area contributed by atoms with Crippen LogP contribution in [0.1, 0.15) is 25.3 Å². The van der Waals surface area contributed by atoms with E-state index in [1.807, 2.05) is 25.1 Å². The van der Waals surface area contributed by atoms with Crippen molar-refractivity contribution < 1.29 is 9.84 Å². The number of hydrogen-bond acceptors (Lipinski definition) is 2. The fourth-order valence-electron chi connectivity index (χ4n) is 1.34. The summed E-state index contributed by atoms with van der Waals surface area (Å²) in [7, 11) is 0. The number of halogens is 1. The molecule has 1 rings (SSSR count). The van der Waals surface area contributed by atoms with Gasteiger partial charge in [-0.1, -0.05) is 11.6 Å². The fraction of sp³-hybridized carbons (Fsp3) is 0.500. The minimum absolute atomic E-state index is 0.250. The summed E-state index contributed by atoms with van der Waals surface area (Å²) in [6, 6.07) is 5.57. The van der Waals surface area contributed by atoms with Gasteiger partial charge in [0.2, 0.25) is 0 Å². The summed E-state index contributed by atoms with van der Waals surface area (Å²) in [5, 5.41) is 9.79. The molecule has 0 saturated heterocycles. The maximum Gasteiger partial charge on any atom is 0.122 e. The largest absolute Gasteiger partial charge is 0.493 e. The van der Waals surface area contributed by atoms with Gasteiger partial charge in [-0.05, 0) is 50.5 Å². The van der Waals surface area contributed by atoms with E-state index in [4.69, 9.17) is 21.4 Å². The molecule has 1 aromatic rings. The predicted molar refractivity (Wildman–Crippen MR) is 62.6 cm³/mol. The average Bonchev–Trinajstić information content (AvgIpc) is 2.14. The Bertz CT molecular complexity index is 310. The van der Waals surface area contributed by atoms with E-state index in [9.17, 15) is 0 Å². The van der Waals surface area contributed by atoms with Gasteiger partial charge < -0.3 is 9.84 Å². The summed E-state index contributed by atoms with van der Waals surface area (Å²) >= 11 is 5.83. The van der Waals surface area contributed by atoms with Gasteiger partial charge in [0, 0.05) is 5.02 Å². The van der Waals surface area contributed by atoms with Gasteiger partial charge in [-0.2, -0.15) is 0 Å². The van der Waals surface area contributed by atoms with Gasteiger partial charge >= 0.3 is 0 Å². The lowest BCUT2D eigenvalue weighted by molar-refractivity contribution is 0.170. The van der Waals surface area contributed by atoms with E-state index in [1.165, 1.54) is 0 Å². The van der Waals surface area contributed by atoms with E-state index in [0.717, 1.165) is 29.2 Å². The van der Waals surface area contributed by atoms with Crippen LogP contribution in [0.5, 0.6) is 5.75 Å². The molecule has 2 nitrogen and oxygen atoms in total. The van der Waals surface area contributed by atoms with Crippen LogP contribution in [0.25, 0.3) is 0 Å². The second-order valence-electron chi connectivity index (χ2n) is 3.75. The van der Waals surface area contributed by atoms with Gasteiger partial charge in [-0.25, -0.2) is 0 Å². The van der Waals surface area contributed by atoms with Gasteiger partial charge in [-0.3, -0.25) is 0 Å². The molecule has 0 heterocycles. The first-order valence-corrected chi connectivity index (χ1v) is 5.54. The lowest BCUT2D eigenvalue weighted by Gasteiger charge is -2.09. The summed E-state index contributed by atoms with van der Waals surface area (Å²) in [5.41, 5.74) is 1.04. The molecule has 0 aromatic heterocycles. The van der Waals surface area contributed by atoms with Crippen molar-refractivity contribution in [1.82, 2.24) is 0 Å². The molecule has 1 N–H and O–H groups in total. The van der Waals surface area contributed by atoms with Crippen LogP contribution < -0.4 is 4.74 Å². The Labute approximate surface area is 95.8 Å². The van der Waals surface area contributed by atoms with E-state index in [1.54, 1.807) is 6.92 Å². The highest BCUT2D eigenvalue weighted by atomic mass is 35.5. The van der Waals surface area contributed by atoms with Crippen LogP contribution in [-0.4, -0.2) is 17.8 Å². The van der Waals surface area contributed by atoms with E-state index < -0.39 is 0 Å². The molecule has 1 atom stereocenters. The Balaban J connectivity index is 2.37. The minimum Gasteiger partial charge on any atom is -0.493 e. The normalized spacial score (nSPS) is 12.5. The van der Waals surface area contributed by atoms with Gasteiger partial charge in [0.25, 0.3) is 0 Å². The first-order valence-electron chi connectivity index (χ1n) is 5.16. The highest BCUT2D eigenvalue weighted by Crippen LogP contribution is 2.21. The number of hydrogen-bond donors (Lipinski definition) is 1. The van der Waals surface area contributed by atoms with Gasteiger partial charge in [0.1, 0.15) is 5.75 Å². The van der Waals surface area contributed by atoms with Crippen molar-refractivity contribution in [2.45, 2.75) is 32.8 Å². The van der Waals surface area contributed by atoms with Crippen LogP contribution in [0.4, 0.5) is 0 Å². The van der Waals surface area contributed by atoms with Crippen molar-refractivity contribution in [2.24, 2.45) is 0 Å². The summed E-state index contributed by atoms with van der Waals surface area (Å²) in [5.74, 6) is 0.866. The van der Waals surface area contributed by atoms with Crippen LogP contribution >= 0.6 is 11.6 Å². The van der Waals surface area contributed by atoms with Gasteiger partial charge in [0.05, 0.1) is 12.7 Å². The standard InChI is InChI=1S/C12H17ClO2/c1-9-8-11(13)5-6-12(9)15-7-3-4-10(2)14/h5-6,8,10,14H,3-4,7H2,1-2H3. The molecule has 0 fully saturated rings. The van der Waals surface area contributed by atoms with Crippen LogP contribution in [0, 0.1) is 6.92 Å². The van der Waals surface area contributed by atoms with Crippen LogP contribution in [0.2, 0.25) is 5.02 Å². The maximum absolute atomic E-state index is 9.07. The molecule has 0 aliphatic heterocycles. The number of benzene rings is 1. The third-order valence-corrected chi connectivity index (χ3v) is 2.40. The summed E-state index contributed by atoms with van der Waals surface area (Å²) in [6.07, 6.45) is 1.38. The number of ether oxygens (including phenoxy) is 1. The van der Waals surface area contributed by atoms with E-state index in [-0.39, 0.29) is 6.10 Å². The Morgan fingerprint density at radius 3 is 2.80 bits per heavy atom. The quantitative estimate of drug-likeness (QED) is 0.785. The molecule has 0 amide bonds. The first-order chi connectivity index (χ1) is 7.09. The average molecular weight is 229 g/mol. The third kappa shape index (κ3) is 4.54. The van der Waals surface area contributed by atoms with Crippen molar-refractivity contribution in [3.63, 3.8) is 0 Å². The van der Waals surface area contributed by atoms with Crippen LogP contribution in [0.15, 0.2) is 18.2 Å². The molecule has 0 bridgehead atoms. The molecule has 3 heteroatoms. The molecule has 0 saturated carbocycles. The van der Waals surface area contributed by atoms with Gasteiger partial charge in [0.15, 0.2) is 0 Å². The lowest BCUT2D eigenvalue weighted by Crippen LogP contribution is -2.04. The topological polar surface area (TPSA) is 29.5 Å². The first kappa shape index (κ1) is 12.3. The molecular weight excluding hydrogens is 212 g/mol. The number of rotatable bonds is 5. The summed E-state index contributed by atoms with van der Waals surface area (Å²) in [4.78, 5) is 0. The molecular formula is C12H17ClO2. The molecule has 1 aromatic carbocycles. The third-order valence-electron chi connectivity index (χ3n) is 2.16. The highest BCUT2D eigenvalue weighted by Gasteiger charge is 2.01. The fourth-order valence-corrected chi connectivity index (χ4v) is 1.56. The SMILES string of the molecule is Cc1cc(Cl)ccc1OCCCC(C)O. The zero-order chi connectivity index (χ0) is 11.3. The number of aryl methyl sites for hydroxylation is 1. The number of aliphatic hydroxyl groups is 1. The second-order valence-corrected chi connectivity index (χ2v) is 4.19. The molecule has 0 radical (unpaired) electrons. The number of aliphatic hydroxyl groups excluding tert-OH is 1. The maximum atomic E-state index is 9.07. The van der Waals surface area contributed by atoms with Crippen molar-refractivity contribution in [2.75, 3.05) is 6.61 Å². The predicted octanol–water partition coefficient (Wildman–Crippen LogP) is 3.19. The zero-order valence-electron chi connectivity index (χ0n) is 9.16. The summed E-state index contributed by atoms with van der Waals surface area (Å²) in [6.45, 7) is 4.39. The molecule has 0 aliphatic carbocycles.